The Balaban J connectivity index is 2.53. The van der Waals surface area contributed by atoms with Gasteiger partial charge in [0.2, 0.25) is 0 Å². The first-order chi connectivity index (χ1) is 9.82. The number of hydrogen-bond donors (Lipinski definition) is 1. The molecule has 21 heavy (non-hydrogen) atoms. The van der Waals surface area contributed by atoms with Gasteiger partial charge in [0.1, 0.15) is 0 Å². The second-order valence-corrected chi connectivity index (χ2v) is 5.53. The second-order valence-electron chi connectivity index (χ2n) is 5.53. The van der Waals surface area contributed by atoms with E-state index >= 15 is 0 Å². The number of aromatic nitrogens is 6. The van der Waals surface area contributed by atoms with E-state index in [9.17, 15) is 4.79 Å². The van der Waals surface area contributed by atoms with E-state index in [1.807, 2.05) is 34.7 Å². The molecule has 1 N–H and O–H groups in total. The summed E-state index contributed by atoms with van der Waals surface area (Å²) in [4.78, 5) is 11.1. The van der Waals surface area contributed by atoms with Gasteiger partial charge in [0.15, 0.2) is 5.82 Å². The molecule has 0 aliphatic rings. The minimum atomic E-state index is -0.866. The Labute approximate surface area is 122 Å². The predicted octanol–water partition coefficient (Wildman–Crippen LogP) is 1.36. The predicted molar refractivity (Wildman–Crippen MR) is 75.6 cm³/mol. The molecule has 0 radical (unpaired) electrons. The monoisotopic (exact) mass is 292 g/mol. The van der Waals surface area contributed by atoms with Crippen LogP contribution < -0.4 is 0 Å². The summed E-state index contributed by atoms with van der Waals surface area (Å²) in [5.41, 5.74) is 2.63. The van der Waals surface area contributed by atoms with Crippen molar-refractivity contribution in [3.8, 4) is 11.4 Å². The minimum absolute atomic E-state index is 0.0198. The molecular weight excluding hydrogens is 272 g/mol. The van der Waals surface area contributed by atoms with E-state index in [0.717, 1.165) is 17.0 Å². The van der Waals surface area contributed by atoms with Gasteiger partial charge in [0.25, 0.3) is 0 Å². The molecule has 0 fully saturated rings. The Morgan fingerprint density at radius 2 is 2.00 bits per heavy atom. The van der Waals surface area contributed by atoms with Crippen LogP contribution in [0, 0.1) is 19.8 Å². The molecule has 8 nitrogen and oxygen atoms in total. The number of nitrogens with zero attached hydrogens (tertiary/aromatic N) is 6. The fourth-order valence-electron chi connectivity index (χ4n) is 2.46. The molecule has 0 spiro atoms. The maximum atomic E-state index is 11.1. The van der Waals surface area contributed by atoms with Crippen LogP contribution in [0.4, 0.5) is 0 Å². The van der Waals surface area contributed by atoms with Crippen molar-refractivity contribution in [3.63, 3.8) is 0 Å². The SMILES string of the molecule is Cc1nn(C)c(C)c1-c1nnnn1C(CC(=O)O)C(C)C. The lowest BCUT2D eigenvalue weighted by Crippen LogP contribution is -2.21. The summed E-state index contributed by atoms with van der Waals surface area (Å²) in [5, 5.41) is 25.3. The average molecular weight is 292 g/mol. The van der Waals surface area contributed by atoms with Crippen LogP contribution in [0.3, 0.4) is 0 Å². The number of tetrazole rings is 1. The topological polar surface area (TPSA) is 98.7 Å². The molecule has 1 unspecified atom stereocenters. The summed E-state index contributed by atoms with van der Waals surface area (Å²) in [6, 6.07) is -0.300. The van der Waals surface area contributed by atoms with Crippen molar-refractivity contribution in [1.29, 1.82) is 0 Å². The summed E-state index contributed by atoms with van der Waals surface area (Å²) in [7, 11) is 1.86. The van der Waals surface area contributed by atoms with Gasteiger partial charge in [0.05, 0.1) is 23.7 Å². The van der Waals surface area contributed by atoms with Gasteiger partial charge in [-0.2, -0.15) is 5.10 Å². The number of carboxylic acid groups (broad SMARTS) is 1. The van der Waals surface area contributed by atoms with Crippen LogP contribution in [-0.2, 0) is 11.8 Å². The number of carboxylic acids is 1. The largest absolute Gasteiger partial charge is 0.481 e. The summed E-state index contributed by atoms with van der Waals surface area (Å²) >= 11 is 0. The molecule has 2 rings (SSSR count). The third-order valence-corrected chi connectivity index (χ3v) is 3.69. The van der Waals surface area contributed by atoms with Gasteiger partial charge >= 0.3 is 5.97 Å². The van der Waals surface area contributed by atoms with E-state index in [4.69, 9.17) is 5.11 Å². The van der Waals surface area contributed by atoms with Crippen molar-refractivity contribution in [2.24, 2.45) is 13.0 Å². The molecular formula is C13H20N6O2. The maximum absolute atomic E-state index is 11.1. The van der Waals surface area contributed by atoms with E-state index in [2.05, 4.69) is 20.6 Å². The average Bonchev–Trinajstić information content (AvgIpc) is 2.92. The zero-order valence-electron chi connectivity index (χ0n) is 12.9. The molecule has 2 aromatic heterocycles. The van der Waals surface area contributed by atoms with Crippen LogP contribution in [-0.4, -0.2) is 41.1 Å². The first kappa shape index (κ1) is 15.1. The van der Waals surface area contributed by atoms with Crippen molar-refractivity contribution in [2.75, 3.05) is 0 Å². The highest BCUT2D eigenvalue weighted by Crippen LogP contribution is 2.29. The molecule has 0 amide bonds. The van der Waals surface area contributed by atoms with E-state index in [1.54, 1.807) is 9.36 Å². The van der Waals surface area contributed by atoms with Crippen LogP contribution in [0.1, 0.15) is 37.7 Å². The van der Waals surface area contributed by atoms with Crippen molar-refractivity contribution in [3.05, 3.63) is 11.4 Å². The number of rotatable bonds is 5. The van der Waals surface area contributed by atoms with Gasteiger partial charge in [-0.1, -0.05) is 13.8 Å². The lowest BCUT2D eigenvalue weighted by atomic mass is 10.0. The summed E-state index contributed by atoms with van der Waals surface area (Å²) in [6.45, 7) is 7.75. The highest BCUT2D eigenvalue weighted by molar-refractivity contribution is 5.68. The van der Waals surface area contributed by atoms with Crippen LogP contribution in [0.25, 0.3) is 11.4 Å². The van der Waals surface area contributed by atoms with Gasteiger partial charge in [-0.05, 0) is 30.2 Å². The molecule has 0 saturated heterocycles. The zero-order valence-corrected chi connectivity index (χ0v) is 12.9. The van der Waals surface area contributed by atoms with E-state index in [0.29, 0.717) is 5.82 Å². The Hall–Kier alpha value is -2.25. The van der Waals surface area contributed by atoms with E-state index < -0.39 is 5.97 Å². The van der Waals surface area contributed by atoms with Crippen molar-refractivity contribution in [1.82, 2.24) is 30.0 Å². The molecule has 1 atom stereocenters. The zero-order chi connectivity index (χ0) is 15.7. The number of hydrogen-bond acceptors (Lipinski definition) is 5. The highest BCUT2D eigenvalue weighted by Gasteiger charge is 2.26. The first-order valence-electron chi connectivity index (χ1n) is 6.83. The summed E-state index contributed by atoms with van der Waals surface area (Å²) < 4.78 is 3.38. The van der Waals surface area contributed by atoms with Crippen molar-refractivity contribution >= 4 is 5.97 Å². The molecule has 2 aromatic rings. The lowest BCUT2D eigenvalue weighted by molar-refractivity contribution is -0.138. The van der Waals surface area contributed by atoms with Crippen LogP contribution in [0.5, 0.6) is 0 Å². The number of aryl methyl sites for hydroxylation is 2. The van der Waals surface area contributed by atoms with Gasteiger partial charge in [0, 0.05) is 12.7 Å². The number of carbonyl (C=O) groups is 1. The third-order valence-electron chi connectivity index (χ3n) is 3.69. The smallest absolute Gasteiger partial charge is 0.305 e. The van der Waals surface area contributed by atoms with E-state index in [1.165, 1.54) is 0 Å². The van der Waals surface area contributed by atoms with Gasteiger partial charge < -0.3 is 5.11 Å². The quantitative estimate of drug-likeness (QED) is 0.893. The second kappa shape index (κ2) is 5.63. The summed E-state index contributed by atoms with van der Waals surface area (Å²) in [5.74, 6) is -0.200. The van der Waals surface area contributed by atoms with Crippen LogP contribution in [0.2, 0.25) is 0 Å². The fraction of sp³-hybridized carbons (Fsp3) is 0.615. The molecule has 0 aromatic carbocycles. The van der Waals surface area contributed by atoms with Crippen molar-refractivity contribution < 1.29 is 9.90 Å². The van der Waals surface area contributed by atoms with E-state index in [-0.39, 0.29) is 18.4 Å². The Bertz CT molecular complexity index is 658. The van der Waals surface area contributed by atoms with Crippen molar-refractivity contribution in [2.45, 2.75) is 40.2 Å². The first-order valence-corrected chi connectivity index (χ1v) is 6.83. The van der Waals surface area contributed by atoms with Crippen LogP contribution >= 0.6 is 0 Å². The normalized spacial score (nSPS) is 12.9. The molecule has 8 heteroatoms. The minimum Gasteiger partial charge on any atom is -0.481 e. The van der Waals surface area contributed by atoms with Gasteiger partial charge in [-0.15, -0.1) is 5.10 Å². The molecule has 0 saturated carbocycles. The number of aliphatic carboxylic acids is 1. The van der Waals surface area contributed by atoms with Crippen LogP contribution in [0.15, 0.2) is 0 Å². The lowest BCUT2D eigenvalue weighted by Gasteiger charge is -2.20. The molecule has 2 heterocycles. The Morgan fingerprint density at radius 1 is 1.33 bits per heavy atom. The molecule has 0 aliphatic heterocycles. The Morgan fingerprint density at radius 3 is 2.48 bits per heavy atom. The maximum Gasteiger partial charge on any atom is 0.305 e. The fourth-order valence-corrected chi connectivity index (χ4v) is 2.46. The molecule has 0 aliphatic carbocycles. The molecule has 114 valence electrons. The highest BCUT2D eigenvalue weighted by atomic mass is 16.4. The third kappa shape index (κ3) is 2.79. The Kier molecular flexibility index (Phi) is 4.06. The summed E-state index contributed by atoms with van der Waals surface area (Å²) in [6.07, 6.45) is -0.0198. The van der Waals surface area contributed by atoms with Gasteiger partial charge in [-0.3, -0.25) is 9.48 Å². The molecule has 0 bridgehead atoms. The standard InChI is InChI=1S/C13H20N6O2/c1-7(2)10(6-11(20)21)19-13(14-16-17-19)12-8(3)15-18(5)9(12)4/h7,10H,6H2,1-5H3,(H,20,21). The van der Waals surface area contributed by atoms with Gasteiger partial charge in [-0.25, -0.2) is 4.68 Å².